The number of hydrogen-bond acceptors (Lipinski definition) is 3. The first kappa shape index (κ1) is 15.5. The van der Waals surface area contributed by atoms with Crippen LogP contribution < -0.4 is 11.1 Å². The fraction of sp³-hybridized carbons (Fsp3) is 0.611. The minimum atomic E-state index is -0.580. The van der Waals surface area contributed by atoms with Gasteiger partial charge in [0, 0.05) is 13.1 Å². The summed E-state index contributed by atoms with van der Waals surface area (Å²) in [5.41, 5.74) is 7.82. The van der Waals surface area contributed by atoms with E-state index >= 15 is 0 Å². The topological polar surface area (TPSA) is 58.4 Å². The molecule has 0 spiro atoms. The Morgan fingerprint density at radius 2 is 1.82 bits per heavy atom. The Hall–Kier alpha value is -1.39. The second-order valence-electron chi connectivity index (χ2n) is 6.85. The van der Waals surface area contributed by atoms with E-state index in [-0.39, 0.29) is 5.91 Å². The van der Waals surface area contributed by atoms with Gasteiger partial charge in [-0.2, -0.15) is 0 Å². The molecule has 1 heterocycles. The first-order valence-corrected chi connectivity index (χ1v) is 8.53. The number of likely N-dealkylation sites (tertiary alicyclic amines) is 1. The fourth-order valence-corrected chi connectivity index (χ4v) is 3.11. The molecule has 1 aliphatic carbocycles. The number of nitrogens with two attached hydrogens (primary N) is 1. The molecule has 1 aromatic rings. The van der Waals surface area contributed by atoms with Crippen molar-refractivity contribution in [3.63, 3.8) is 0 Å². The second-order valence-corrected chi connectivity index (χ2v) is 6.85. The third-order valence-electron chi connectivity index (χ3n) is 4.79. The van der Waals surface area contributed by atoms with Crippen LogP contribution in [0.15, 0.2) is 24.3 Å². The molecule has 2 aliphatic rings. The molecule has 0 unspecified atom stereocenters. The maximum Gasteiger partial charge on any atom is 0.240 e. The predicted octanol–water partition coefficient (Wildman–Crippen LogP) is 2.17. The van der Waals surface area contributed by atoms with E-state index in [4.69, 9.17) is 5.73 Å². The normalized spacial score (nSPS) is 21.1. The monoisotopic (exact) mass is 301 g/mol. The number of carbonyl (C=O) groups excluding carboxylic acids is 1. The van der Waals surface area contributed by atoms with Gasteiger partial charge >= 0.3 is 0 Å². The van der Waals surface area contributed by atoms with Crippen LogP contribution >= 0.6 is 0 Å². The number of nitrogens with zero attached hydrogens (tertiary/aromatic N) is 1. The van der Waals surface area contributed by atoms with Crippen molar-refractivity contribution in [1.29, 1.82) is 0 Å². The first-order chi connectivity index (χ1) is 10.7. The van der Waals surface area contributed by atoms with Crippen LogP contribution in [0.4, 0.5) is 0 Å². The minimum Gasteiger partial charge on any atom is -0.350 e. The zero-order valence-corrected chi connectivity index (χ0v) is 13.3. The lowest BCUT2D eigenvalue weighted by Crippen LogP contribution is -2.42. The quantitative estimate of drug-likeness (QED) is 0.876. The van der Waals surface area contributed by atoms with Gasteiger partial charge in [-0.1, -0.05) is 37.1 Å². The molecular formula is C18H27N3O. The average Bonchev–Trinajstić information content (AvgIpc) is 3.30. The second kappa shape index (κ2) is 6.80. The molecule has 0 radical (unpaired) electrons. The van der Waals surface area contributed by atoms with Crippen LogP contribution in [0, 0.1) is 0 Å². The van der Waals surface area contributed by atoms with Crippen LogP contribution in [0.3, 0.4) is 0 Å². The Morgan fingerprint density at radius 3 is 2.50 bits per heavy atom. The van der Waals surface area contributed by atoms with E-state index in [2.05, 4.69) is 34.5 Å². The van der Waals surface area contributed by atoms with Crippen molar-refractivity contribution in [2.45, 2.75) is 57.2 Å². The van der Waals surface area contributed by atoms with Crippen LogP contribution in [-0.2, 0) is 17.9 Å². The van der Waals surface area contributed by atoms with Gasteiger partial charge in [-0.25, -0.2) is 0 Å². The fourth-order valence-electron chi connectivity index (χ4n) is 3.11. The highest BCUT2D eigenvalue weighted by atomic mass is 16.2. The number of amides is 1. The van der Waals surface area contributed by atoms with Gasteiger partial charge in [0.2, 0.25) is 5.91 Å². The molecule has 3 N–H and O–H groups in total. The standard InChI is InChI=1S/C18H27N3O/c19-18(8-9-18)17(22)20-13-15-6-5-7-16(12-15)14-21-10-3-1-2-4-11-21/h5-7,12H,1-4,8-11,13-14,19H2,(H,20,22). The summed E-state index contributed by atoms with van der Waals surface area (Å²) in [6, 6.07) is 8.55. The summed E-state index contributed by atoms with van der Waals surface area (Å²) in [7, 11) is 0. The van der Waals surface area contributed by atoms with Crippen LogP contribution in [0.25, 0.3) is 0 Å². The number of benzene rings is 1. The van der Waals surface area contributed by atoms with E-state index in [9.17, 15) is 4.79 Å². The molecule has 4 heteroatoms. The highest BCUT2D eigenvalue weighted by Gasteiger charge is 2.45. The smallest absolute Gasteiger partial charge is 0.240 e. The Balaban J connectivity index is 1.54. The lowest BCUT2D eigenvalue weighted by Gasteiger charge is -2.20. The Morgan fingerprint density at radius 1 is 1.14 bits per heavy atom. The van der Waals surface area contributed by atoms with Crippen molar-refractivity contribution in [2.24, 2.45) is 5.73 Å². The van der Waals surface area contributed by atoms with Crippen LogP contribution in [0.1, 0.15) is 49.7 Å². The van der Waals surface area contributed by atoms with Crippen molar-refractivity contribution in [2.75, 3.05) is 13.1 Å². The van der Waals surface area contributed by atoms with Crippen LogP contribution in [-0.4, -0.2) is 29.4 Å². The molecule has 1 saturated heterocycles. The third-order valence-corrected chi connectivity index (χ3v) is 4.79. The molecule has 1 aliphatic heterocycles. The minimum absolute atomic E-state index is 0.00887. The highest BCUT2D eigenvalue weighted by molar-refractivity contribution is 5.88. The van der Waals surface area contributed by atoms with Gasteiger partial charge < -0.3 is 11.1 Å². The van der Waals surface area contributed by atoms with Gasteiger partial charge in [-0.05, 0) is 49.9 Å². The zero-order valence-electron chi connectivity index (χ0n) is 13.3. The maximum atomic E-state index is 11.9. The van der Waals surface area contributed by atoms with E-state index < -0.39 is 5.54 Å². The van der Waals surface area contributed by atoms with Crippen molar-refractivity contribution in [3.05, 3.63) is 35.4 Å². The van der Waals surface area contributed by atoms with Crippen LogP contribution in [0.2, 0.25) is 0 Å². The SMILES string of the molecule is NC1(C(=O)NCc2cccc(CN3CCCCCC3)c2)CC1. The largest absolute Gasteiger partial charge is 0.350 e. The van der Waals surface area contributed by atoms with Gasteiger partial charge in [-0.3, -0.25) is 9.69 Å². The number of carbonyl (C=O) groups is 1. The summed E-state index contributed by atoms with van der Waals surface area (Å²) < 4.78 is 0. The Labute approximate surface area is 133 Å². The molecule has 22 heavy (non-hydrogen) atoms. The van der Waals surface area contributed by atoms with E-state index in [0.717, 1.165) is 24.9 Å². The number of hydrogen-bond donors (Lipinski definition) is 2. The Kier molecular flexibility index (Phi) is 4.79. The first-order valence-electron chi connectivity index (χ1n) is 8.53. The summed E-state index contributed by atoms with van der Waals surface area (Å²) in [4.78, 5) is 14.4. The third kappa shape index (κ3) is 4.08. The summed E-state index contributed by atoms with van der Waals surface area (Å²) >= 11 is 0. The zero-order chi connectivity index (χ0) is 15.4. The number of rotatable bonds is 5. The molecule has 0 bridgehead atoms. The molecule has 1 amide bonds. The van der Waals surface area contributed by atoms with Gasteiger partial charge in [0.15, 0.2) is 0 Å². The lowest BCUT2D eigenvalue weighted by molar-refractivity contribution is -0.123. The predicted molar refractivity (Wildman–Crippen MR) is 88.2 cm³/mol. The summed E-state index contributed by atoms with van der Waals surface area (Å²) in [5, 5.41) is 2.96. The summed E-state index contributed by atoms with van der Waals surface area (Å²) in [5.74, 6) is -0.00887. The van der Waals surface area contributed by atoms with E-state index in [1.54, 1.807) is 0 Å². The molecule has 1 saturated carbocycles. The lowest BCUT2D eigenvalue weighted by atomic mass is 10.1. The van der Waals surface area contributed by atoms with Gasteiger partial charge in [-0.15, -0.1) is 0 Å². The van der Waals surface area contributed by atoms with Gasteiger partial charge in [0.1, 0.15) is 0 Å². The molecular weight excluding hydrogens is 274 g/mol. The molecule has 1 aromatic carbocycles. The molecule has 3 rings (SSSR count). The average molecular weight is 301 g/mol. The van der Waals surface area contributed by atoms with Crippen molar-refractivity contribution in [1.82, 2.24) is 10.2 Å². The summed E-state index contributed by atoms with van der Waals surface area (Å²) in [6.45, 7) is 4.00. The number of nitrogens with one attached hydrogen (secondary N) is 1. The van der Waals surface area contributed by atoms with Gasteiger partial charge in [0.25, 0.3) is 0 Å². The van der Waals surface area contributed by atoms with Crippen LogP contribution in [0.5, 0.6) is 0 Å². The van der Waals surface area contributed by atoms with Crippen molar-refractivity contribution >= 4 is 5.91 Å². The molecule has 0 atom stereocenters. The van der Waals surface area contributed by atoms with E-state index in [0.29, 0.717) is 6.54 Å². The van der Waals surface area contributed by atoms with E-state index in [1.165, 1.54) is 44.3 Å². The molecule has 2 fully saturated rings. The highest BCUT2D eigenvalue weighted by Crippen LogP contribution is 2.32. The van der Waals surface area contributed by atoms with Crippen molar-refractivity contribution < 1.29 is 4.79 Å². The molecule has 4 nitrogen and oxygen atoms in total. The molecule has 120 valence electrons. The van der Waals surface area contributed by atoms with Crippen molar-refractivity contribution in [3.8, 4) is 0 Å². The molecule has 0 aromatic heterocycles. The van der Waals surface area contributed by atoms with E-state index in [1.807, 2.05) is 0 Å². The summed E-state index contributed by atoms with van der Waals surface area (Å²) in [6.07, 6.45) is 6.98. The van der Waals surface area contributed by atoms with Gasteiger partial charge in [0.05, 0.1) is 5.54 Å². The Bertz CT molecular complexity index is 517. The maximum absolute atomic E-state index is 11.9.